The molecule has 2 aliphatic heterocycles. The summed E-state index contributed by atoms with van der Waals surface area (Å²) in [6.45, 7) is 5.37. The SMILES string of the molecule is c1nc(N2CC[NH+](Cc3ccc4c(c3)OCO4)CC2)c2[nH]cnc2n1. The standard InChI is InChI=1S/C17H18N6O2/c1-2-13-14(25-11-24-13)7-12(1)8-22-3-5-23(6-4-22)17-15-16(19-9-18-15)20-10-21-17/h1-2,7,9-10H,3-6,8,11H2,(H,18,19,20,21)/p+1. The summed E-state index contributed by atoms with van der Waals surface area (Å²) in [6.07, 6.45) is 3.26. The minimum atomic E-state index is 0.325. The number of H-pyrrole nitrogens is 1. The van der Waals surface area contributed by atoms with Crippen LogP contribution in [0.2, 0.25) is 0 Å². The third kappa shape index (κ3) is 2.64. The first-order chi connectivity index (χ1) is 12.4. The Hall–Kier alpha value is -2.87. The van der Waals surface area contributed by atoms with Gasteiger partial charge >= 0.3 is 0 Å². The van der Waals surface area contributed by atoms with Crippen molar-refractivity contribution in [1.82, 2.24) is 19.9 Å². The van der Waals surface area contributed by atoms with E-state index in [9.17, 15) is 0 Å². The Morgan fingerprint density at radius 3 is 2.88 bits per heavy atom. The number of benzene rings is 1. The Morgan fingerprint density at radius 1 is 1.08 bits per heavy atom. The van der Waals surface area contributed by atoms with Crippen LogP contribution < -0.4 is 19.3 Å². The topological polar surface area (TPSA) is 80.6 Å². The van der Waals surface area contributed by atoms with Crippen LogP contribution in [0.5, 0.6) is 11.5 Å². The molecule has 5 rings (SSSR count). The highest BCUT2D eigenvalue weighted by molar-refractivity contribution is 5.82. The molecule has 0 saturated carbocycles. The molecule has 0 atom stereocenters. The lowest BCUT2D eigenvalue weighted by Gasteiger charge is -2.33. The van der Waals surface area contributed by atoms with Crippen LogP contribution in [0.1, 0.15) is 5.56 Å². The van der Waals surface area contributed by atoms with Crippen LogP contribution in [0.15, 0.2) is 30.9 Å². The summed E-state index contributed by atoms with van der Waals surface area (Å²) < 4.78 is 10.9. The van der Waals surface area contributed by atoms with Crippen molar-refractivity contribution in [3.05, 3.63) is 36.4 Å². The van der Waals surface area contributed by atoms with Gasteiger partial charge in [-0.1, -0.05) is 0 Å². The number of nitrogens with one attached hydrogen (secondary N) is 2. The lowest BCUT2D eigenvalue weighted by molar-refractivity contribution is -0.914. The van der Waals surface area contributed by atoms with Gasteiger partial charge in [-0.05, 0) is 18.2 Å². The molecule has 1 fully saturated rings. The second kappa shape index (κ2) is 5.89. The van der Waals surface area contributed by atoms with Crippen molar-refractivity contribution in [2.45, 2.75) is 6.54 Å². The molecule has 0 amide bonds. The van der Waals surface area contributed by atoms with E-state index < -0.39 is 0 Å². The van der Waals surface area contributed by atoms with Crippen LogP contribution >= 0.6 is 0 Å². The second-order valence-corrected chi connectivity index (χ2v) is 6.40. The highest BCUT2D eigenvalue weighted by Gasteiger charge is 2.24. The van der Waals surface area contributed by atoms with Gasteiger partial charge in [0.25, 0.3) is 0 Å². The van der Waals surface area contributed by atoms with Gasteiger partial charge in [-0.3, -0.25) is 0 Å². The van der Waals surface area contributed by atoms with E-state index >= 15 is 0 Å². The van der Waals surface area contributed by atoms with Gasteiger partial charge in [-0.2, -0.15) is 0 Å². The van der Waals surface area contributed by atoms with E-state index in [0.29, 0.717) is 6.79 Å². The summed E-state index contributed by atoms with van der Waals surface area (Å²) in [5, 5.41) is 0. The van der Waals surface area contributed by atoms with Crippen molar-refractivity contribution < 1.29 is 14.4 Å². The maximum Gasteiger partial charge on any atom is 0.231 e. The molecule has 128 valence electrons. The summed E-state index contributed by atoms with van der Waals surface area (Å²) in [5.41, 5.74) is 2.92. The van der Waals surface area contributed by atoms with Gasteiger partial charge in [0.1, 0.15) is 18.4 Å². The summed E-state index contributed by atoms with van der Waals surface area (Å²) >= 11 is 0. The van der Waals surface area contributed by atoms with Gasteiger partial charge in [0.2, 0.25) is 6.79 Å². The molecule has 8 heteroatoms. The zero-order valence-electron chi connectivity index (χ0n) is 13.7. The van der Waals surface area contributed by atoms with Crippen molar-refractivity contribution in [1.29, 1.82) is 0 Å². The fourth-order valence-corrected chi connectivity index (χ4v) is 3.54. The molecule has 2 N–H and O–H groups in total. The minimum Gasteiger partial charge on any atom is -0.454 e. The smallest absolute Gasteiger partial charge is 0.231 e. The van der Waals surface area contributed by atoms with Gasteiger partial charge in [0.05, 0.1) is 32.5 Å². The number of rotatable bonds is 3. The molecule has 0 bridgehead atoms. The predicted molar refractivity (Wildman–Crippen MR) is 90.9 cm³/mol. The molecule has 0 spiro atoms. The molecule has 0 radical (unpaired) electrons. The lowest BCUT2D eigenvalue weighted by atomic mass is 10.1. The number of ether oxygens (including phenoxy) is 2. The van der Waals surface area contributed by atoms with Gasteiger partial charge in [-0.25, -0.2) is 15.0 Å². The fourth-order valence-electron chi connectivity index (χ4n) is 3.54. The molecular formula is C17H19N6O2+. The predicted octanol–water partition coefficient (Wildman–Crippen LogP) is -0.0133. The van der Waals surface area contributed by atoms with Crippen LogP contribution in [-0.2, 0) is 6.54 Å². The first-order valence-electron chi connectivity index (χ1n) is 8.48. The van der Waals surface area contributed by atoms with Gasteiger partial charge in [-0.15, -0.1) is 0 Å². The number of hydrogen-bond donors (Lipinski definition) is 2. The van der Waals surface area contributed by atoms with Crippen LogP contribution in [0, 0.1) is 0 Å². The molecule has 2 aliphatic rings. The van der Waals surface area contributed by atoms with Crippen LogP contribution in [0.4, 0.5) is 5.82 Å². The molecule has 2 aromatic heterocycles. The van der Waals surface area contributed by atoms with E-state index in [4.69, 9.17) is 9.47 Å². The molecule has 3 aromatic rings. The molecule has 0 aliphatic carbocycles. The highest BCUT2D eigenvalue weighted by Crippen LogP contribution is 2.32. The Kier molecular flexibility index (Phi) is 3.41. The van der Waals surface area contributed by atoms with Gasteiger partial charge < -0.3 is 24.3 Å². The van der Waals surface area contributed by atoms with Crippen molar-refractivity contribution in [3.8, 4) is 11.5 Å². The fraction of sp³-hybridized carbons (Fsp3) is 0.353. The summed E-state index contributed by atoms with van der Waals surface area (Å²) in [7, 11) is 0. The monoisotopic (exact) mass is 339 g/mol. The zero-order chi connectivity index (χ0) is 16.6. The van der Waals surface area contributed by atoms with Crippen LogP contribution in [0.25, 0.3) is 11.2 Å². The Balaban J connectivity index is 1.26. The second-order valence-electron chi connectivity index (χ2n) is 6.40. The first-order valence-corrected chi connectivity index (χ1v) is 8.48. The number of piperazine rings is 1. The average molecular weight is 339 g/mol. The van der Waals surface area contributed by atoms with Crippen LogP contribution in [-0.4, -0.2) is 52.9 Å². The molecule has 1 saturated heterocycles. The largest absolute Gasteiger partial charge is 0.454 e. The Morgan fingerprint density at radius 2 is 1.96 bits per heavy atom. The van der Waals surface area contributed by atoms with Crippen molar-refractivity contribution in [3.63, 3.8) is 0 Å². The summed E-state index contributed by atoms with van der Waals surface area (Å²) in [5.74, 6) is 2.65. The van der Waals surface area contributed by atoms with E-state index in [1.165, 1.54) is 5.56 Å². The maximum atomic E-state index is 5.47. The van der Waals surface area contributed by atoms with E-state index in [2.05, 4.69) is 37.0 Å². The molecule has 4 heterocycles. The first kappa shape index (κ1) is 14.5. The number of hydrogen-bond acceptors (Lipinski definition) is 6. The Bertz CT molecular complexity index is 903. The lowest BCUT2D eigenvalue weighted by Crippen LogP contribution is -3.13. The third-order valence-corrected chi connectivity index (χ3v) is 4.86. The highest BCUT2D eigenvalue weighted by atomic mass is 16.7. The average Bonchev–Trinajstić information content (AvgIpc) is 3.31. The molecular weight excluding hydrogens is 320 g/mol. The van der Waals surface area contributed by atoms with Crippen molar-refractivity contribution >= 4 is 17.0 Å². The van der Waals surface area contributed by atoms with Gasteiger partial charge in [0, 0.05) is 5.56 Å². The molecule has 1 aromatic carbocycles. The Labute approximate surface area is 144 Å². The number of fused-ring (bicyclic) bond motifs is 2. The van der Waals surface area contributed by atoms with Gasteiger partial charge in [0.15, 0.2) is 23.0 Å². The zero-order valence-corrected chi connectivity index (χ0v) is 13.7. The summed E-state index contributed by atoms with van der Waals surface area (Å²) in [4.78, 5) is 19.9. The number of nitrogens with zero attached hydrogens (tertiary/aromatic N) is 4. The summed E-state index contributed by atoms with van der Waals surface area (Å²) in [6, 6.07) is 6.23. The van der Waals surface area contributed by atoms with E-state index in [1.54, 1.807) is 17.6 Å². The molecule has 0 unspecified atom stereocenters. The number of aromatic amines is 1. The third-order valence-electron chi connectivity index (χ3n) is 4.86. The van der Waals surface area contributed by atoms with Crippen molar-refractivity contribution in [2.24, 2.45) is 0 Å². The van der Waals surface area contributed by atoms with E-state index in [0.717, 1.165) is 61.2 Å². The van der Waals surface area contributed by atoms with Crippen molar-refractivity contribution in [2.75, 3.05) is 37.9 Å². The number of anilines is 1. The maximum absolute atomic E-state index is 5.47. The molecule has 25 heavy (non-hydrogen) atoms. The number of quaternary nitrogens is 1. The number of aromatic nitrogens is 4. The van der Waals surface area contributed by atoms with E-state index in [-0.39, 0.29) is 0 Å². The van der Waals surface area contributed by atoms with E-state index in [1.807, 2.05) is 6.07 Å². The minimum absolute atomic E-state index is 0.325. The normalized spacial score (nSPS) is 17.4. The molecule has 8 nitrogen and oxygen atoms in total. The van der Waals surface area contributed by atoms with Crippen LogP contribution in [0.3, 0.4) is 0 Å². The number of imidazole rings is 1. The quantitative estimate of drug-likeness (QED) is 0.698.